The molecule has 1 aliphatic carbocycles. The highest BCUT2D eigenvalue weighted by Crippen LogP contribution is 2.29. The van der Waals surface area contributed by atoms with E-state index < -0.39 is 6.04 Å². The van der Waals surface area contributed by atoms with E-state index in [2.05, 4.69) is 20.8 Å². The molecule has 0 unspecified atom stereocenters. The number of methoxy groups -OCH3 is 1. The Bertz CT molecular complexity index is 740. The van der Waals surface area contributed by atoms with Crippen molar-refractivity contribution in [2.45, 2.75) is 25.8 Å². The molecular formula is C16H18N4O3S. The molecule has 1 aromatic carbocycles. The molecule has 7 nitrogen and oxygen atoms in total. The number of hydrogen-bond acceptors (Lipinski definition) is 6. The number of benzene rings is 1. The molecule has 24 heavy (non-hydrogen) atoms. The third kappa shape index (κ3) is 3.88. The summed E-state index contributed by atoms with van der Waals surface area (Å²) in [5, 5.41) is 14.5. The van der Waals surface area contributed by atoms with Gasteiger partial charge in [0.05, 0.1) is 7.11 Å². The molecule has 0 aliphatic heterocycles. The van der Waals surface area contributed by atoms with Gasteiger partial charge in [-0.2, -0.15) is 0 Å². The Hall–Kier alpha value is -2.48. The van der Waals surface area contributed by atoms with E-state index >= 15 is 0 Å². The van der Waals surface area contributed by atoms with Crippen molar-refractivity contribution < 1.29 is 14.3 Å². The first-order chi connectivity index (χ1) is 11.6. The third-order valence-electron chi connectivity index (χ3n) is 3.69. The monoisotopic (exact) mass is 346 g/mol. The number of aromatic nitrogens is 2. The molecule has 2 aromatic rings. The summed E-state index contributed by atoms with van der Waals surface area (Å²) in [6.07, 6.45) is 1.81. The van der Waals surface area contributed by atoms with Crippen molar-refractivity contribution in [3.8, 4) is 16.3 Å². The maximum Gasteiger partial charge on any atom is 0.248 e. The smallest absolute Gasteiger partial charge is 0.248 e. The van der Waals surface area contributed by atoms with E-state index in [-0.39, 0.29) is 17.7 Å². The van der Waals surface area contributed by atoms with E-state index in [1.807, 2.05) is 24.3 Å². The zero-order chi connectivity index (χ0) is 17.1. The zero-order valence-corrected chi connectivity index (χ0v) is 14.2. The molecule has 1 fully saturated rings. The normalized spacial score (nSPS) is 14.8. The number of nitrogens with one attached hydrogen (secondary N) is 2. The fraction of sp³-hybridized carbons (Fsp3) is 0.375. The van der Waals surface area contributed by atoms with Crippen molar-refractivity contribution in [3.05, 3.63) is 24.3 Å². The lowest BCUT2D eigenvalue weighted by Crippen LogP contribution is -2.42. The molecule has 2 N–H and O–H groups in total. The maximum atomic E-state index is 12.1. The fourth-order valence-electron chi connectivity index (χ4n) is 2.08. The van der Waals surface area contributed by atoms with Crippen LogP contribution in [0.2, 0.25) is 0 Å². The van der Waals surface area contributed by atoms with E-state index in [1.165, 1.54) is 11.3 Å². The summed E-state index contributed by atoms with van der Waals surface area (Å²) in [6, 6.07) is 6.83. The first-order valence-electron chi connectivity index (χ1n) is 7.66. The van der Waals surface area contributed by atoms with E-state index in [0.29, 0.717) is 10.1 Å². The molecular weight excluding hydrogens is 328 g/mol. The maximum absolute atomic E-state index is 12.1. The van der Waals surface area contributed by atoms with Gasteiger partial charge in [-0.3, -0.25) is 14.9 Å². The first kappa shape index (κ1) is 16.4. The lowest BCUT2D eigenvalue weighted by atomic mass is 10.2. The Labute approximate surface area is 143 Å². The lowest BCUT2D eigenvalue weighted by Gasteiger charge is -2.12. The predicted octanol–water partition coefficient (Wildman–Crippen LogP) is 2.07. The lowest BCUT2D eigenvalue weighted by molar-refractivity contribution is -0.127. The second-order valence-corrected chi connectivity index (χ2v) is 6.61. The van der Waals surface area contributed by atoms with Gasteiger partial charge < -0.3 is 10.1 Å². The summed E-state index contributed by atoms with van der Waals surface area (Å²) < 4.78 is 5.12. The van der Waals surface area contributed by atoms with Crippen LogP contribution in [-0.4, -0.2) is 35.2 Å². The van der Waals surface area contributed by atoms with Crippen LogP contribution < -0.4 is 15.4 Å². The third-order valence-corrected chi connectivity index (χ3v) is 4.58. The van der Waals surface area contributed by atoms with Gasteiger partial charge in [-0.1, -0.05) is 11.3 Å². The largest absolute Gasteiger partial charge is 0.497 e. The summed E-state index contributed by atoms with van der Waals surface area (Å²) in [7, 11) is 1.61. The van der Waals surface area contributed by atoms with E-state index in [4.69, 9.17) is 4.74 Å². The molecule has 1 heterocycles. The second kappa shape index (κ2) is 6.96. The van der Waals surface area contributed by atoms with Gasteiger partial charge in [0.2, 0.25) is 16.9 Å². The Kier molecular flexibility index (Phi) is 4.75. The van der Waals surface area contributed by atoms with Crippen molar-refractivity contribution >= 4 is 28.3 Å². The Morgan fingerprint density at radius 1 is 1.25 bits per heavy atom. The van der Waals surface area contributed by atoms with Crippen molar-refractivity contribution in [1.82, 2.24) is 15.5 Å². The molecule has 2 amide bonds. The number of hydrogen-bond donors (Lipinski definition) is 2. The highest BCUT2D eigenvalue weighted by atomic mass is 32.1. The molecule has 1 saturated carbocycles. The Morgan fingerprint density at radius 3 is 2.58 bits per heavy atom. The summed E-state index contributed by atoms with van der Waals surface area (Å²) in [6.45, 7) is 1.65. The van der Waals surface area contributed by atoms with Gasteiger partial charge in [0.1, 0.15) is 16.8 Å². The van der Waals surface area contributed by atoms with Crippen LogP contribution in [0, 0.1) is 5.92 Å². The molecule has 0 radical (unpaired) electrons. The van der Waals surface area contributed by atoms with Crippen LogP contribution >= 0.6 is 11.3 Å². The van der Waals surface area contributed by atoms with Crippen LogP contribution in [0.25, 0.3) is 10.6 Å². The molecule has 1 atom stereocenters. The standard InChI is InChI=1S/C16H18N4O3S/c1-9(17-14(22)10-3-4-10)13(21)18-16-20-19-15(24-16)11-5-7-12(23-2)8-6-11/h5-10H,3-4H2,1-2H3,(H,17,22)(H,18,20,21)/t9-/m1/s1. The van der Waals surface area contributed by atoms with E-state index in [0.717, 1.165) is 24.2 Å². The van der Waals surface area contributed by atoms with Gasteiger partial charge in [-0.05, 0) is 44.0 Å². The number of ether oxygens (including phenoxy) is 1. The molecule has 0 bridgehead atoms. The molecule has 126 valence electrons. The number of carbonyl (C=O) groups excluding carboxylic acids is 2. The fourth-order valence-corrected chi connectivity index (χ4v) is 2.83. The summed E-state index contributed by atoms with van der Waals surface area (Å²) in [5.74, 6) is 0.468. The van der Waals surface area contributed by atoms with E-state index in [9.17, 15) is 9.59 Å². The van der Waals surface area contributed by atoms with Crippen LogP contribution in [0.1, 0.15) is 19.8 Å². The van der Waals surface area contributed by atoms with Crippen LogP contribution in [0.5, 0.6) is 5.75 Å². The molecule has 0 saturated heterocycles. The summed E-state index contributed by atoms with van der Waals surface area (Å²) >= 11 is 1.28. The van der Waals surface area contributed by atoms with E-state index in [1.54, 1.807) is 14.0 Å². The topological polar surface area (TPSA) is 93.2 Å². The molecule has 1 aromatic heterocycles. The van der Waals surface area contributed by atoms with Crippen LogP contribution in [0.3, 0.4) is 0 Å². The zero-order valence-electron chi connectivity index (χ0n) is 13.4. The Morgan fingerprint density at radius 2 is 1.96 bits per heavy atom. The summed E-state index contributed by atoms with van der Waals surface area (Å²) in [5.41, 5.74) is 0.892. The number of rotatable bonds is 6. The highest BCUT2D eigenvalue weighted by molar-refractivity contribution is 7.18. The average molecular weight is 346 g/mol. The molecule has 1 aliphatic rings. The van der Waals surface area contributed by atoms with Gasteiger partial charge in [-0.15, -0.1) is 10.2 Å². The molecule has 8 heteroatoms. The van der Waals surface area contributed by atoms with Crippen molar-refractivity contribution in [1.29, 1.82) is 0 Å². The minimum absolute atomic E-state index is 0.0613. The van der Waals surface area contributed by atoms with Crippen molar-refractivity contribution in [2.24, 2.45) is 5.92 Å². The van der Waals surface area contributed by atoms with Gasteiger partial charge in [-0.25, -0.2) is 0 Å². The van der Waals surface area contributed by atoms with Crippen molar-refractivity contribution in [2.75, 3.05) is 12.4 Å². The van der Waals surface area contributed by atoms with Crippen LogP contribution in [-0.2, 0) is 9.59 Å². The number of carbonyl (C=O) groups is 2. The van der Waals surface area contributed by atoms with Gasteiger partial charge in [0, 0.05) is 11.5 Å². The highest BCUT2D eigenvalue weighted by Gasteiger charge is 2.31. The minimum Gasteiger partial charge on any atom is -0.497 e. The van der Waals surface area contributed by atoms with Crippen LogP contribution in [0.4, 0.5) is 5.13 Å². The quantitative estimate of drug-likeness (QED) is 0.835. The molecule has 0 spiro atoms. The van der Waals surface area contributed by atoms with Crippen molar-refractivity contribution in [3.63, 3.8) is 0 Å². The number of anilines is 1. The first-order valence-corrected chi connectivity index (χ1v) is 8.47. The minimum atomic E-state index is -0.605. The second-order valence-electron chi connectivity index (χ2n) is 5.63. The number of nitrogens with zero attached hydrogens (tertiary/aromatic N) is 2. The summed E-state index contributed by atoms with van der Waals surface area (Å²) in [4.78, 5) is 23.8. The Balaban J connectivity index is 1.60. The van der Waals surface area contributed by atoms with Gasteiger partial charge >= 0.3 is 0 Å². The van der Waals surface area contributed by atoms with Gasteiger partial charge in [0.15, 0.2) is 0 Å². The van der Waals surface area contributed by atoms with Crippen LogP contribution in [0.15, 0.2) is 24.3 Å². The predicted molar refractivity (Wildman–Crippen MR) is 90.9 cm³/mol. The molecule has 3 rings (SSSR count). The number of amides is 2. The average Bonchev–Trinajstić information content (AvgIpc) is 3.35. The van der Waals surface area contributed by atoms with Gasteiger partial charge in [0.25, 0.3) is 0 Å². The SMILES string of the molecule is COc1ccc(-c2nnc(NC(=O)[C@@H](C)NC(=O)C3CC3)s2)cc1.